The van der Waals surface area contributed by atoms with Crippen LogP contribution in [0.15, 0.2) is 59.7 Å². The zero-order valence-electron chi connectivity index (χ0n) is 12.6. The topological polar surface area (TPSA) is 41.5 Å². The molecule has 2 rings (SSSR count). The van der Waals surface area contributed by atoms with Gasteiger partial charge in [-0.05, 0) is 30.5 Å². The molecule has 0 aliphatic carbocycles. The van der Waals surface area contributed by atoms with Crippen molar-refractivity contribution in [3.05, 3.63) is 71.3 Å². The first kappa shape index (κ1) is 15.0. The first-order chi connectivity index (χ1) is 10.1. The minimum atomic E-state index is -0.187. The van der Waals surface area contributed by atoms with Gasteiger partial charge in [0.1, 0.15) is 0 Å². The van der Waals surface area contributed by atoms with Crippen LogP contribution >= 0.6 is 0 Å². The van der Waals surface area contributed by atoms with Crippen LogP contribution < -0.4 is 5.43 Å². The molecule has 0 aliphatic rings. The zero-order valence-corrected chi connectivity index (χ0v) is 12.6. The van der Waals surface area contributed by atoms with Gasteiger partial charge >= 0.3 is 0 Å². The van der Waals surface area contributed by atoms with E-state index in [0.29, 0.717) is 5.56 Å². The van der Waals surface area contributed by atoms with E-state index in [9.17, 15) is 4.79 Å². The second-order valence-electron chi connectivity index (χ2n) is 5.33. The van der Waals surface area contributed by atoms with Crippen LogP contribution in [0.5, 0.6) is 0 Å². The molecule has 1 amide bonds. The first-order valence-electron chi connectivity index (χ1n) is 7.08. The predicted octanol–water partition coefficient (Wildman–Crippen LogP) is 3.79. The van der Waals surface area contributed by atoms with Gasteiger partial charge in [0, 0.05) is 5.56 Å². The Morgan fingerprint density at radius 1 is 1.00 bits per heavy atom. The molecule has 0 bridgehead atoms. The molecule has 3 nitrogen and oxygen atoms in total. The van der Waals surface area contributed by atoms with Crippen LogP contribution in [-0.4, -0.2) is 11.6 Å². The monoisotopic (exact) mass is 280 g/mol. The normalized spacial score (nSPS) is 11.5. The average molecular weight is 280 g/mol. The van der Waals surface area contributed by atoms with Crippen LogP contribution in [0.3, 0.4) is 0 Å². The zero-order chi connectivity index (χ0) is 15.2. The summed E-state index contributed by atoms with van der Waals surface area (Å²) in [5.41, 5.74) is 6.23. The van der Waals surface area contributed by atoms with Crippen molar-refractivity contribution < 1.29 is 4.79 Å². The standard InChI is InChI=1S/C18H20N2O/c1-13(2)17(15-9-5-4-6-10-15)19-20-18(21)16-11-7-8-14(3)12-16/h4-13H,1-3H3,(H,20,21)/b19-17+. The molecular formula is C18H20N2O. The quantitative estimate of drug-likeness (QED) is 0.672. The van der Waals surface area contributed by atoms with Crippen LogP contribution in [-0.2, 0) is 0 Å². The Hall–Kier alpha value is -2.42. The van der Waals surface area contributed by atoms with E-state index in [4.69, 9.17) is 0 Å². The summed E-state index contributed by atoms with van der Waals surface area (Å²) in [4.78, 5) is 12.1. The lowest BCUT2D eigenvalue weighted by Gasteiger charge is -2.10. The maximum Gasteiger partial charge on any atom is 0.271 e. The first-order valence-corrected chi connectivity index (χ1v) is 7.08. The molecule has 0 spiro atoms. The number of amides is 1. The van der Waals surface area contributed by atoms with Crippen molar-refractivity contribution in [3.63, 3.8) is 0 Å². The van der Waals surface area contributed by atoms with Crippen molar-refractivity contribution in [2.75, 3.05) is 0 Å². The fraction of sp³-hybridized carbons (Fsp3) is 0.222. The summed E-state index contributed by atoms with van der Waals surface area (Å²) in [6.07, 6.45) is 0. The third-order valence-corrected chi connectivity index (χ3v) is 3.17. The van der Waals surface area contributed by atoms with Crippen LogP contribution in [0, 0.1) is 12.8 Å². The molecule has 0 saturated carbocycles. The highest BCUT2D eigenvalue weighted by Gasteiger charge is 2.10. The minimum Gasteiger partial charge on any atom is -0.267 e. The lowest BCUT2D eigenvalue weighted by atomic mass is 10.0. The molecule has 2 aromatic rings. The lowest BCUT2D eigenvalue weighted by molar-refractivity contribution is 0.0954. The summed E-state index contributed by atoms with van der Waals surface area (Å²) in [7, 11) is 0. The molecule has 0 saturated heterocycles. The highest BCUT2D eigenvalue weighted by Crippen LogP contribution is 2.09. The van der Waals surface area contributed by atoms with Crippen molar-refractivity contribution in [2.24, 2.45) is 11.0 Å². The molecule has 108 valence electrons. The van der Waals surface area contributed by atoms with E-state index in [1.54, 1.807) is 6.07 Å². The highest BCUT2D eigenvalue weighted by atomic mass is 16.2. The van der Waals surface area contributed by atoms with Crippen LogP contribution in [0.2, 0.25) is 0 Å². The van der Waals surface area contributed by atoms with Gasteiger partial charge in [-0.15, -0.1) is 0 Å². The number of benzene rings is 2. The Morgan fingerprint density at radius 3 is 2.29 bits per heavy atom. The maximum absolute atomic E-state index is 12.1. The predicted molar refractivity (Wildman–Crippen MR) is 86.5 cm³/mol. The van der Waals surface area contributed by atoms with E-state index in [2.05, 4.69) is 24.4 Å². The van der Waals surface area contributed by atoms with Crippen molar-refractivity contribution >= 4 is 11.6 Å². The number of carbonyl (C=O) groups excluding carboxylic acids is 1. The number of carbonyl (C=O) groups is 1. The van der Waals surface area contributed by atoms with E-state index in [-0.39, 0.29) is 11.8 Å². The fourth-order valence-corrected chi connectivity index (χ4v) is 2.10. The Kier molecular flexibility index (Phi) is 4.88. The Labute approximate surface area is 125 Å². The van der Waals surface area contributed by atoms with Crippen molar-refractivity contribution in [3.8, 4) is 0 Å². The van der Waals surface area contributed by atoms with Gasteiger partial charge in [-0.3, -0.25) is 4.79 Å². The smallest absolute Gasteiger partial charge is 0.267 e. The maximum atomic E-state index is 12.1. The number of nitrogens with zero attached hydrogens (tertiary/aromatic N) is 1. The van der Waals surface area contributed by atoms with Gasteiger partial charge in [0.25, 0.3) is 5.91 Å². The van der Waals surface area contributed by atoms with Crippen LogP contribution in [0.25, 0.3) is 0 Å². The molecule has 0 fully saturated rings. The van der Waals surface area contributed by atoms with E-state index >= 15 is 0 Å². The Balaban J connectivity index is 2.19. The summed E-state index contributed by atoms with van der Waals surface area (Å²) < 4.78 is 0. The summed E-state index contributed by atoms with van der Waals surface area (Å²) in [6, 6.07) is 17.4. The molecule has 2 aromatic carbocycles. The fourth-order valence-electron chi connectivity index (χ4n) is 2.10. The van der Waals surface area contributed by atoms with Gasteiger partial charge in [-0.1, -0.05) is 61.9 Å². The SMILES string of the molecule is Cc1cccc(C(=O)N/N=C(/c2ccccc2)C(C)C)c1. The van der Waals surface area contributed by atoms with Gasteiger partial charge in [-0.2, -0.15) is 5.10 Å². The molecule has 1 N–H and O–H groups in total. The van der Waals surface area contributed by atoms with Crippen molar-refractivity contribution in [1.29, 1.82) is 0 Å². The molecular weight excluding hydrogens is 260 g/mol. The van der Waals surface area contributed by atoms with Crippen molar-refractivity contribution in [1.82, 2.24) is 5.43 Å². The number of hydrogen-bond acceptors (Lipinski definition) is 2. The molecule has 0 atom stereocenters. The second-order valence-corrected chi connectivity index (χ2v) is 5.33. The Bertz CT molecular complexity index is 645. The summed E-state index contributed by atoms with van der Waals surface area (Å²) in [6.45, 7) is 6.08. The molecule has 0 radical (unpaired) electrons. The van der Waals surface area contributed by atoms with Gasteiger partial charge in [0.15, 0.2) is 0 Å². The van der Waals surface area contributed by atoms with Crippen LogP contribution in [0.1, 0.15) is 35.3 Å². The molecule has 0 unspecified atom stereocenters. The van der Waals surface area contributed by atoms with Gasteiger partial charge < -0.3 is 0 Å². The average Bonchev–Trinajstić information content (AvgIpc) is 2.48. The number of hydrogen-bond donors (Lipinski definition) is 1. The summed E-state index contributed by atoms with van der Waals surface area (Å²) >= 11 is 0. The third kappa shape index (κ3) is 4.02. The van der Waals surface area contributed by atoms with Gasteiger partial charge in [0.05, 0.1) is 5.71 Å². The van der Waals surface area contributed by atoms with E-state index in [1.807, 2.05) is 55.5 Å². The number of hydrazone groups is 1. The lowest BCUT2D eigenvalue weighted by Crippen LogP contribution is -2.22. The van der Waals surface area contributed by atoms with E-state index in [1.165, 1.54) is 0 Å². The summed E-state index contributed by atoms with van der Waals surface area (Å²) in [5.74, 6) is 0.0398. The number of nitrogens with one attached hydrogen (secondary N) is 1. The highest BCUT2D eigenvalue weighted by molar-refractivity contribution is 6.03. The van der Waals surface area contributed by atoms with E-state index < -0.39 is 0 Å². The molecule has 0 heterocycles. The summed E-state index contributed by atoms with van der Waals surface area (Å²) in [5, 5.41) is 4.32. The van der Waals surface area contributed by atoms with Gasteiger partial charge in [-0.25, -0.2) is 5.43 Å². The minimum absolute atomic E-state index is 0.187. The van der Waals surface area contributed by atoms with Crippen molar-refractivity contribution in [2.45, 2.75) is 20.8 Å². The number of aryl methyl sites for hydroxylation is 1. The molecule has 3 heteroatoms. The number of rotatable bonds is 4. The largest absolute Gasteiger partial charge is 0.271 e. The van der Waals surface area contributed by atoms with E-state index in [0.717, 1.165) is 16.8 Å². The molecule has 0 aromatic heterocycles. The third-order valence-electron chi connectivity index (χ3n) is 3.17. The van der Waals surface area contributed by atoms with Crippen LogP contribution in [0.4, 0.5) is 0 Å². The Morgan fingerprint density at radius 2 is 1.67 bits per heavy atom. The molecule has 21 heavy (non-hydrogen) atoms. The molecule has 0 aliphatic heterocycles. The van der Waals surface area contributed by atoms with Gasteiger partial charge in [0.2, 0.25) is 0 Å². The second kappa shape index (κ2) is 6.84.